The normalized spacial score (nSPS) is 8.26. The van der Waals surface area contributed by atoms with Crippen LogP contribution in [0.15, 0.2) is 74.3 Å². The summed E-state index contributed by atoms with van der Waals surface area (Å²) in [6.07, 6.45) is 5.49. The molecule has 0 aliphatic carbocycles. The summed E-state index contributed by atoms with van der Waals surface area (Å²) in [5.74, 6) is 0. The molecule has 0 aliphatic heterocycles. The first-order chi connectivity index (χ1) is 10.5. The molecule has 0 spiro atoms. The number of hydrogen-bond acceptors (Lipinski definition) is 3. The van der Waals surface area contributed by atoms with Gasteiger partial charge in [-0.15, -0.1) is 0 Å². The van der Waals surface area contributed by atoms with Crippen molar-refractivity contribution in [1.82, 2.24) is 0 Å². The van der Waals surface area contributed by atoms with Gasteiger partial charge in [0.05, 0.1) is 11.0 Å². The average molecular weight is 338 g/mol. The molecule has 0 fully saturated rings. The largest absolute Gasteiger partial charge is 1.00 e. The molecule has 0 bridgehead atoms. The van der Waals surface area contributed by atoms with E-state index in [9.17, 15) is 0 Å². The van der Waals surface area contributed by atoms with Crippen LogP contribution < -0.4 is 29.6 Å². The smallest absolute Gasteiger partial charge is 0.750 e. The molecule has 2 rings (SSSR count). The molecule has 0 unspecified atom stereocenters. The molecular weight excluding hydrogens is 319 g/mol. The fourth-order valence-electron chi connectivity index (χ4n) is 1.47. The van der Waals surface area contributed by atoms with E-state index in [0.717, 1.165) is 11.1 Å². The van der Waals surface area contributed by atoms with Crippen LogP contribution in [0.1, 0.15) is 16.7 Å². The van der Waals surface area contributed by atoms with Gasteiger partial charge in [0.2, 0.25) is 0 Å². The van der Waals surface area contributed by atoms with Gasteiger partial charge in [0, 0.05) is 0 Å². The summed E-state index contributed by atoms with van der Waals surface area (Å²) in [6.45, 7) is 11.0. The first kappa shape index (κ1) is 23.8. The Morgan fingerprint density at radius 3 is 1.35 bits per heavy atom. The van der Waals surface area contributed by atoms with Crippen LogP contribution in [-0.2, 0) is 11.0 Å². The Hall–Kier alpha value is -1.43. The number of hydrogen-bond donors (Lipinski definition) is 1. The van der Waals surface area contributed by atoms with Crippen LogP contribution in [0.5, 0.6) is 0 Å². The van der Waals surface area contributed by atoms with Crippen LogP contribution in [0, 0.1) is 0 Å². The van der Waals surface area contributed by atoms with Crippen molar-refractivity contribution in [3.8, 4) is 0 Å². The van der Waals surface area contributed by atoms with E-state index < -0.39 is 11.0 Å². The van der Waals surface area contributed by atoms with E-state index in [2.05, 4.69) is 19.7 Å². The molecule has 0 saturated carbocycles. The summed E-state index contributed by atoms with van der Waals surface area (Å²) in [7, 11) is -3.37. The summed E-state index contributed by atoms with van der Waals surface area (Å²) in [6, 6.07) is 18.0. The Kier molecular flexibility index (Phi) is 16.0. The minimum Gasteiger partial charge on any atom is -0.750 e. The molecule has 3 nitrogen and oxygen atoms in total. The van der Waals surface area contributed by atoms with Crippen molar-refractivity contribution in [1.29, 1.82) is 0 Å². The first-order valence-corrected chi connectivity index (χ1v) is 7.47. The number of thiol groups is 1. The van der Waals surface area contributed by atoms with Gasteiger partial charge in [-0.05, 0) is 16.7 Å². The van der Waals surface area contributed by atoms with Crippen molar-refractivity contribution in [3.63, 3.8) is 0 Å². The molecule has 5 heteroatoms. The van der Waals surface area contributed by atoms with Crippen molar-refractivity contribution >= 4 is 29.2 Å². The van der Waals surface area contributed by atoms with Crippen LogP contribution in [0.2, 0.25) is 0 Å². The third-order valence-electron chi connectivity index (χ3n) is 2.47. The zero-order valence-electron chi connectivity index (χ0n) is 13.2. The van der Waals surface area contributed by atoms with Crippen LogP contribution in [0.3, 0.4) is 0 Å². The first-order valence-electron chi connectivity index (χ1n) is 6.38. The Labute approximate surface area is 162 Å². The molecule has 0 amide bonds. The Morgan fingerprint density at radius 2 is 1.09 bits per heavy atom. The standard InChI is InChI=1S/C10H10.C8H8.Na.H2O3S/c1-3-9-7-5-6-8-10(9)4-2;1-2-8-6-4-3-5-7-8;;1-4(2)3/h3-8H,1-2H2;2-7H,1H2;;4H,(H,1,2,3)/q;;+1;/p-1. The zero-order valence-corrected chi connectivity index (χ0v) is 16.1. The van der Waals surface area contributed by atoms with E-state index in [1.807, 2.05) is 72.8 Å². The third kappa shape index (κ3) is 12.8. The van der Waals surface area contributed by atoms with Gasteiger partial charge in [-0.3, -0.25) is 0 Å². The van der Waals surface area contributed by atoms with Gasteiger partial charge in [0.1, 0.15) is 0 Å². The summed E-state index contributed by atoms with van der Waals surface area (Å²) in [5, 5.41) is 0. The zero-order chi connectivity index (χ0) is 16.8. The monoisotopic (exact) mass is 338 g/mol. The van der Waals surface area contributed by atoms with Gasteiger partial charge in [-0.1, -0.05) is 92.6 Å². The fraction of sp³-hybridized carbons (Fsp3) is 0. The van der Waals surface area contributed by atoms with Crippen LogP contribution in [-0.4, -0.2) is 13.0 Å². The van der Waals surface area contributed by atoms with Crippen molar-refractivity contribution in [2.45, 2.75) is 0 Å². The van der Waals surface area contributed by atoms with Crippen LogP contribution in [0.25, 0.3) is 18.2 Å². The quantitative estimate of drug-likeness (QED) is 0.517. The molecule has 0 atom stereocenters. The predicted molar refractivity (Wildman–Crippen MR) is 94.2 cm³/mol. The summed E-state index contributed by atoms with van der Waals surface area (Å²) < 4.78 is 25.4. The van der Waals surface area contributed by atoms with Gasteiger partial charge in [0.25, 0.3) is 0 Å². The summed E-state index contributed by atoms with van der Waals surface area (Å²) in [5.41, 5.74) is 3.45. The van der Waals surface area contributed by atoms with Gasteiger partial charge in [-0.25, -0.2) is 8.42 Å². The topological polar surface area (TPSA) is 57.2 Å². The van der Waals surface area contributed by atoms with Gasteiger partial charge < -0.3 is 4.55 Å². The molecular formula is C18H19NaO3S. The maximum Gasteiger partial charge on any atom is 1.00 e. The van der Waals surface area contributed by atoms with Crippen molar-refractivity contribution in [3.05, 3.63) is 91.0 Å². The second-order valence-electron chi connectivity index (χ2n) is 3.88. The van der Waals surface area contributed by atoms with E-state index >= 15 is 0 Å². The maximum atomic E-state index is 8.48. The van der Waals surface area contributed by atoms with Gasteiger partial charge in [0.15, 0.2) is 0 Å². The minimum absolute atomic E-state index is 0. The molecule has 2 aromatic carbocycles. The van der Waals surface area contributed by atoms with Crippen molar-refractivity contribution < 1.29 is 42.5 Å². The SMILES string of the molecule is C=Cc1ccccc1.C=Cc1ccccc1C=C.O=[SH](=O)[O-].[Na+]. The Balaban J connectivity index is 0. The summed E-state index contributed by atoms with van der Waals surface area (Å²) in [4.78, 5) is 0. The molecule has 116 valence electrons. The van der Waals surface area contributed by atoms with Gasteiger partial charge >= 0.3 is 29.6 Å². The van der Waals surface area contributed by atoms with Crippen LogP contribution >= 0.6 is 0 Å². The van der Waals surface area contributed by atoms with E-state index in [1.165, 1.54) is 5.56 Å². The molecule has 0 heterocycles. The molecule has 0 aromatic heterocycles. The molecule has 23 heavy (non-hydrogen) atoms. The maximum absolute atomic E-state index is 8.48. The van der Waals surface area contributed by atoms with Crippen LogP contribution in [0.4, 0.5) is 0 Å². The molecule has 2 aromatic rings. The summed E-state index contributed by atoms with van der Waals surface area (Å²) >= 11 is 0. The molecule has 0 N–H and O–H groups in total. The second-order valence-corrected chi connectivity index (χ2v) is 4.32. The van der Waals surface area contributed by atoms with E-state index in [0.29, 0.717) is 0 Å². The third-order valence-corrected chi connectivity index (χ3v) is 2.47. The minimum atomic E-state index is -3.37. The Bertz CT molecular complexity index is 630. The second kappa shape index (κ2) is 15.5. The van der Waals surface area contributed by atoms with Gasteiger partial charge in [-0.2, -0.15) is 0 Å². The molecule has 0 saturated heterocycles. The van der Waals surface area contributed by atoms with E-state index in [4.69, 9.17) is 13.0 Å². The average Bonchev–Trinajstić information content (AvgIpc) is 2.55. The number of rotatable bonds is 3. The molecule has 0 aliphatic rings. The fourth-order valence-corrected chi connectivity index (χ4v) is 1.47. The predicted octanol–water partition coefficient (Wildman–Crippen LogP) is 1.03. The van der Waals surface area contributed by atoms with E-state index in [-0.39, 0.29) is 29.6 Å². The Morgan fingerprint density at radius 1 is 0.739 bits per heavy atom. The van der Waals surface area contributed by atoms with Crippen molar-refractivity contribution in [2.24, 2.45) is 0 Å². The van der Waals surface area contributed by atoms with Crippen molar-refractivity contribution in [2.75, 3.05) is 0 Å². The number of benzene rings is 2. The molecule has 0 radical (unpaired) electrons. The van der Waals surface area contributed by atoms with E-state index in [1.54, 1.807) is 0 Å².